The lowest BCUT2D eigenvalue weighted by Crippen LogP contribution is -2.44. The van der Waals surface area contributed by atoms with Gasteiger partial charge in [0.2, 0.25) is 0 Å². The van der Waals surface area contributed by atoms with Gasteiger partial charge in [0.05, 0.1) is 10.5 Å². The van der Waals surface area contributed by atoms with Crippen LogP contribution >= 0.6 is 11.6 Å². The highest BCUT2D eigenvalue weighted by atomic mass is 35.5. The van der Waals surface area contributed by atoms with Gasteiger partial charge in [0, 0.05) is 65.4 Å². The van der Waals surface area contributed by atoms with Crippen molar-refractivity contribution in [1.82, 2.24) is 15.1 Å². The van der Waals surface area contributed by atoms with Gasteiger partial charge >= 0.3 is 6.61 Å². The number of aryl methyl sites for hydroxylation is 2. The monoisotopic (exact) mass is 576 g/mol. The van der Waals surface area contributed by atoms with Gasteiger partial charge < -0.3 is 14.2 Å². The zero-order valence-electron chi connectivity index (χ0n) is 23.1. The fourth-order valence-corrected chi connectivity index (χ4v) is 6.91. The minimum absolute atomic E-state index is 0.175. The number of allylic oxidation sites excluding steroid dienone is 1. The first kappa shape index (κ1) is 26.4. The molecule has 0 bridgehead atoms. The highest BCUT2D eigenvalue weighted by Crippen LogP contribution is 2.54. The van der Waals surface area contributed by atoms with Crippen LogP contribution in [0.4, 0.5) is 14.5 Å². The summed E-state index contributed by atoms with van der Waals surface area (Å²) in [6, 6.07) is 7.44. The second-order valence-corrected chi connectivity index (χ2v) is 12.3. The highest BCUT2D eigenvalue weighted by Gasteiger charge is 2.43. The van der Waals surface area contributed by atoms with E-state index in [9.17, 15) is 8.78 Å². The number of anilines is 1. The summed E-state index contributed by atoms with van der Waals surface area (Å²) in [5, 5.41) is 5.69. The predicted molar refractivity (Wildman–Crippen MR) is 156 cm³/mol. The summed E-state index contributed by atoms with van der Waals surface area (Å²) in [4.78, 5) is 11.1. The quantitative estimate of drug-likeness (QED) is 0.229. The van der Waals surface area contributed by atoms with Crippen molar-refractivity contribution < 1.29 is 18.0 Å². The third-order valence-corrected chi connectivity index (χ3v) is 9.16. The maximum Gasteiger partial charge on any atom is 0.387 e. The van der Waals surface area contributed by atoms with E-state index < -0.39 is 6.61 Å². The SMILES string of the molecule is Cc1cc(OC(F)F)c2cc(N3CCC4(CC3)CC(=Cc3c(-c5c(C)cncc5Cl)noc3C3CC3)C4)ccc2n1. The van der Waals surface area contributed by atoms with Crippen LogP contribution < -0.4 is 9.64 Å². The van der Waals surface area contributed by atoms with Crippen LogP contribution in [0.25, 0.3) is 28.2 Å². The smallest absolute Gasteiger partial charge is 0.387 e. The van der Waals surface area contributed by atoms with Gasteiger partial charge in [0.15, 0.2) is 0 Å². The Hall–Kier alpha value is -3.52. The second-order valence-electron chi connectivity index (χ2n) is 11.9. The molecule has 2 saturated carbocycles. The van der Waals surface area contributed by atoms with Crippen molar-refractivity contribution >= 4 is 34.3 Å². The summed E-state index contributed by atoms with van der Waals surface area (Å²) < 4.78 is 36.8. The van der Waals surface area contributed by atoms with Crippen LogP contribution in [-0.4, -0.2) is 34.8 Å². The molecule has 3 aliphatic rings. The average Bonchev–Trinajstić information content (AvgIpc) is 3.68. The molecule has 1 saturated heterocycles. The normalized spacial score (nSPS) is 18.3. The van der Waals surface area contributed by atoms with Gasteiger partial charge in [-0.1, -0.05) is 22.3 Å². The first-order valence-corrected chi connectivity index (χ1v) is 14.6. The number of hydrogen-bond donors (Lipinski definition) is 0. The lowest BCUT2D eigenvalue weighted by molar-refractivity contribution is -0.0488. The zero-order valence-corrected chi connectivity index (χ0v) is 23.8. The molecule has 0 amide bonds. The molecular formula is C32H31ClF2N4O2. The molecule has 1 aliphatic heterocycles. The van der Waals surface area contributed by atoms with Gasteiger partial charge in [-0.3, -0.25) is 9.97 Å². The van der Waals surface area contributed by atoms with Gasteiger partial charge in [0.25, 0.3) is 0 Å². The van der Waals surface area contributed by atoms with E-state index in [1.54, 1.807) is 19.2 Å². The Kier molecular flexibility index (Phi) is 6.49. The molecule has 3 aromatic heterocycles. The Morgan fingerprint density at radius 1 is 1.12 bits per heavy atom. The fourth-order valence-electron chi connectivity index (χ4n) is 6.61. The Morgan fingerprint density at radius 3 is 2.61 bits per heavy atom. The van der Waals surface area contributed by atoms with Crippen LogP contribution in [0.5, 0.6) is 5.75 Å². The largest absolute Gasteiger partial charge is 0.434 e. The summed E-state index contributed by atoms with van der Waals surface area (Å²) in [5.41, 5.74) is 7.82. The molecule has 9 heteroatoms. The first-order chi connectivity index (χ1) is 19.8. The third-order valence-electron chi connectivity index (χ3n) is 8.87. The minimum atomic E-state index is -2.88. The van der Waals surface area contributed by atoms with Crippen LogP contribution in [-0.2, 0) is 0 Å². The third kappa shape index (κ3) is 4.96. The predicted octanol–water partition coefficient (Wildman–Crippen LogP) is 8.50. The lowest BCUT2D eigenvalue weighted by Gasteiger charge is -2.50. The molecule has 1 spiro atoms. The minimum Gasteiger partial charge on any atom is -0.434 e. The van der Waals surface area contributed by atoms with Gasteiger partial charge in [0.1, 0.15) is 17.2 Å². The summed E-state index contributed by atoms with van der Waals surface area (Å²) in [7, 11) is 0. The molecule has 2 aliphatic carbocycles. The van der Waals surface area contributed by atoms with Crippen LogP contribution in [0.3, 0.4) is 0 Å². The summed E-state index contributed by atoms with van der Waals surface area (Å²) in [6.45, 7) is 2.74. The molecule has 6 nitrogen and oxygen atoms in total. The number of piperidine rings is 1. The first-order valence-electron chi connectivity index (χ1n) is 14.2. The fraction of sp³-hybridized carbons (Fsp3) is 0.406. The summed E-state index contributed by atoms with van der Waals surface area (Å²) >= 11 is 6.56. The number of aromatic nitrogens is 3. The Morgan fingerprint density at radius 2 is 1.90 bits per heavy atom. The van der Waals surface area contributed by atoms with Crippen LogP contribution in [0, 0.1) is 19.3 Å². The highest BCUT2D eigenvalue weighted by molar-refractivity contribution is 6.33. The van der Waals surface area contributed by atoms with Gasteiger partial charge in [-0.05, 0) is 87.6 Å². The molecule has 7 rings (SSSR count). The van der Waals surface area contributed by atoms with Crippen molar-refractivity contribution in [2.24, 2.45) is 5.41 Å². The molecule has 4 aromatic rings. The van der Waals surface area contributed by atoms with E-state index in [4.69, 9.17) is 20.9 Å². The van der Waals surface area contributed by atoms with Gasteiger partial charge in [-0.2, -0.15) is 8.78 Å². The summed E-state index contributed by atoms with van der Waals surface area (Å²) in [5.74, 6) is 1.59. The van der Waals surface area contributed by atoms with E-state index in [0.29, 0.717) is 33.0 Å². The van der Waals surface area contributed by atoms with Crippen LogP contribution in [0.15, 0.2) is 46.8 Å². The Labute approximate surface area is 242 Å². The van der Waals surface area contributed by atoms with Crippen molar-refractivity contribution in [1.29, 1.82) is 0 Å². The second kappa shape index (κ2) is 10.1. The van der Waals surface area contributed by atoms with Gasteiger partial charge in [-0.15, -0.1) is 0 Å². The molecule has 0 atom stereocenters. The molecule has 0 N–H and O–H groups in total. The molecule has 212 valence electrons. The van der Waals surface area contributed by atoms with E-state index in [1.807, 2.05) is 31.3 Å². The van der Waals surface area contributed by atoms with E-state index in [2.05, 4.69) is 26.1 Å². The standard InChI is InChI=1S/C32H31ClF2N4O2/c1-18-16-36-17-25(33)28(18)29-24(30(41-38-29)21-3-4-21)12-20-14-32(15-20)7-9-39(10-8-32)22-5-6-26-23(13-22)27(40-31(34)35)11-19(2)37-26/h5-6,11-13,16-17,21,31H,3-4,7-10,14-15H2,1-2H3. The molecule has 1 aromatic carbocycles. The number of rotatable bonds is 6. The average molecular weight is 577 g/mol. The van der Waals surface area contributed by atoms with Crippen molar-refractivity contribution in [2.75, 3.05) is 18.0 Å². The number of pyridine rings is 2. The summed E-state index contributed by atoms with van der Waals surface area (Å²) in [6.07, 6.45) is 12.3. The lowest BCUT2D eigenvalue weighted by atomic mass is 9.60. The number of ether oxygens (including phenoxy) is 1. The molecule has 0 radical (unpaired) electrons. The number of benzene rings is 1. The van der Waals surface area contributed by atoms with E-state index in [1.165, 1.54) is 5.57 Å². The molecular weight excluding hydrogens is 546 g/mol. The van der Waals surface area contributed by atoms with Crippen molar-refractivity contribution in [3.8, 4) is 17.0 Å². The van der Waals surface area contributed by atoms with Crippen LogP contribution in [0.2, 0.25) is 5.02 Å². The van der Waals surface area contributed by atoms with Crippen molar-refractivity contribution in [3.05, 3.63) is 69.8 Å². The van der Waals surface area contributed by atoms with E-state index in [0.717, 1.165) is 85.4 Å². The Bertz CT molecular complexity index is 1640. The molecule has 0 unspecified atom stereocenters. The van der Waals surface area contributed by atoms with E-state index >= 15 is 0 Å². The van der Waals surface area contributed by atoms with Crippen molar-refractivity contribution in [2.45, 2.75) is 64.9 Å². The number of halogens is 3. The zero-order chi connectivity index (χ0) is 28.3. The van der Waals surface area contributed by atoms with Crippen LogP contribution in [0.1, 0.15) is 67.0 Å². The number of nitrogens with zero attached hydrogens (tertiary/aromatic N) is 4. The maximum atomic E-state index is 13.1. The topological polar surface area (TPSA) is 64.3 Å². The maximum absolute atomic E-state index is 13.1. The van der Waals surface area contributed by atoms with Crippen molar-refractivity contribution in [3.63, 3.8) is 0 Å². The number of fused-ring (bicyclic) bond motifs is 1. The van der Waals surface area contributed by atoms with E-state index in [-0.39, 0.29) is 5.75 Å². The molecule has 4 heterocycles. The number of hydrogen-bond acceptors (Lipinski definition) is 6. The number of alkyl halides is 2. The molecule has 3 fully saturated rings. The van der Waals surface area contributed by atoms with Gasteiger partial charge in [-0.25, -0.2) is 0 Å². The molecule has 41 heavy (non-hydrogen) atoms. The Balaban J connectivity index is 1.08.